The summed E-state index contributed by atoms with van der Waals surface area (Å²) in [4.78, 5) is 0. The molecule has 2 heteroatoms. The molecule has 0 bridgehead atoms. The number of hydrogen-bond acceptors (Lipinski definition) is 2. The van der Waals surface area contributed by atoms with Gasteiger partial charge in [-0.2, -0.15) is 0 Å². The van der Waals surface area contributed by atoms with E-state index >= 15 is 0 Å². The van der Waals surface area contributed by atoms with Crippen LogP contribution in [0.2, 0.25) is 0 Å². The molecule has 1 aliphatic carbocycles. The Morgan fingerprint density at radius 2 is 1.79 bits per heavy atom. The number of unbranched alkanes of at least 4 members (excludes halogenated alkanes) is 1. The smallest absolute Gasteiger partial charge is 0.0494 e. The molecule has 1 rings (SSSR count). The van der Waals surface area contributed by atoms with E-state index in [-0.39, 0.29) is 0 Å². The Morgan fingerprint density at radius 1 is 1.14 bits per heavy atom. The standard InChI is InChI=1S/C12H24O2/c1-2-3-8-14-10-12-6-4-11(9-13)5-7-12/h11-13H,2-10H2,1H3. The van der Waals surface area contributed by atoms with Crippen molar-refractivity contribution in [2.24, 2.45) is 11.8 Å². The summed E-state index contributed by atoms with van der Waals surface area (Å²) < 4.78 is 5.62. The predicted octanol–water partition coefficient (Wildman–Crippen LogP) is 2.60. The molecule has 84 valence electrons. The molecule has 1 fully saturated rings. The minimum atomic E-state index is 0.378. The van der Waals surface area contributed by atoms with Gasteiger partial charge in [0.25, 0.3) is 0 Å². The van der Waals surface area contributed by atoms with Crippen molar-refractivity contribution < 1.29 is 9.84 Å². The molecule has 0 aromatic heterocycles. The van der Waals surface area contributed by atoms with Crippen molar-refractivity contribution in [2.45, 2.75) is 45.4 Å². The highest BCUT2D eigenvalue weighted by Crippen LogP contribution is 2.28. The van der Waals surface area contributed by atoms with E-state index < -0.39 is 0 Å². The van der Waals surface area contributed by atoms with Gasteiger partial charge in [-0.05, 0) is 43.9 Å². The van der Waals surface area contributed by atoms with Gasteiger partial charge in [-0.3, -0.25) is 0 Å². The van der Waals surface area contributed by atoms with E-state index in [4.69, 9.17) is 9.84 Å². The van der Waals surface area contributed by atoms with Gasteiger partial charge in [-0.1, -0.05) is 13.3 Å². The summed E-state index contributed by atoms with van der Waals surface area (Å²) in [7, 11) is 0. The molecule has 1 saturated carbocycles. The van der Waals surface area contributed by atoms with Gasteiger partial charge in [0.1, 0.15) is 0 Å². The topological polar surface area (TPSA) is 29.5 Å². The second-order valence-electron chi connectivity index (χ2n) is 4.50. The van der Waals surface area contributed by atoms with Crippen molar-refractivity contribution in [3.8, 4) is 0 Å². The highest BCUT2D eigenvalue weighted by molar-refractivity contribution is 4.71. The van der Waals surface area contributed by atoms with Crippen LogP contribution in [0.4, 0.5) is 0 Å². The molecule has 0 aliphatic heterocycles. The zero-order valence-corrected chi connectivity index (χ0v) is 9.37. The van der Waals surface area contributed by atoms with E-state index in [0.717, 1.165) is 19.1 Å². The van der Waals surface area contributed by atoms with Crippen molar-refractivity contribution >= 4 is 0 Å². The molecule has 2 nitrogen and oxygen atoms in total. The molecule has 0 unspecified atom stereocenters. The first kappa shape index (κ1) is 12.0. The van der Waals surface area contributed by atoms with Crippen LogP contribution in [0.25, 0.3) is 0 Å². The van der Waals surface area contributed by atoms with E-state index in [1.165, 1.54) is 38.5 Å². The maximum absolute atomic E-state index is 8.99. The number of ether oxygens (including phenoxy) is 1. The van der Waals surface area contributed by atoms with Crippen LogP contribution in [0.15, 0.2) is 0 Å². The second kappa shape index (κ2) is 7.24. The first-order valence-electron chi connectivity index (χ1n) is 6.05. The summed E-state index contributed by atoms with van der Waals surface area (Å²) in [5, 5.41) is 8.99. The maximum Gasteiger partial charge on any atom is 0.0494 e. The summed E-state index contributed by atoms with van der Waals surface area (Å²) in [6.07, 6.45) is 7.29. The maximum atomic E-state index is 8.99. The lowest BCUT2D eigenvalue weighted by Gasteiger charge is -2.26. The zero-order chi connectivity index (χ0) is 10.2. The quantitative estimate of drug-likeness (QED) is 0.668. The molecule has 14 heavy (non-hydrogen) atoms. The molecule has 0 aromatic rings. The van der Waals surface area contributed by atoms with Gasteiger partial charge in [0, 0.05) is 19.8 Å². The van der Waals surface area contributed by atoms with Crippen molar-refractivity contribution in [1.82, 2.24) is 0 Å². The minimum absolute atomic E-state index is 0.378. The fourth-order valence-electron chi connectivity index (χ4n) is 2.08. The molecule has 1 N–H and O–H groups in total. The van der Waals surface area contributed by atoms with Crippen LogP contribution in [0.3, 0.4) is 0 Å². The monoisotopic (exact) mass is 200 g/mol. The third kappa shape index (κ3) is 4.43. The van der Waals surface area contributed by atoms with E-state index in [2.05, 4.69) is 6.92 Å². The zero-order valence-electron chi connectivity index (χ0n) is 9.37. The number of aliphatic hydroxyl groups is 1. The molecule has 0 spiro atoms. The lowest BCUT2D eigenvalue weighted by Crippen LogP contribution is -2.20. The van der Waals surface area contributed by atoms with Crippen LogP contribution in [0, 0.1) is 11.8 Å². The minimum Gasteiger partial charge on any atom is -0.396 e. The SMILES string of the molecule is CCCCOCC1CCC(CO)CC1. The Balaban J connectivity index is 1.98. The van der Waals surface area contributed by atoms with Gasteiger partial charge in [0.2, 0.25) is 0 Å². The van der Waals surface area contributed by atoms with Crippen LogP contribution in [0.5, 0.6) is 0 Å². The Morgan fingerprint density at radius 3 is 2.36 bits per heavy atom. The molecular formula is C12H24O2. The third-order valence-electron chi connectivity index (χ3n) is 3.22. The van der Waals surface area contributed by atoms with E-state index in [0.29, 0.717) is 12.5 Å². The molecule has 0 radical (unpaired) electrons. The lowest BCUT2D eigenvalue weighted by atomic mass is 9.83. The van der Waals surface area contributed by atoms with Gasteiger partial charge in [0.05, 0.1) is 0 Å². The largest absolute Gasteiger partial charge is 0.396 e. The summed E-state index contributed by atoms with van der Waals surface area (Å²) in [6, 6.07) is 0. The first-order valence-corrected chi connectivity index (χ1v) is 6.05. The van der Waals surface area contributed by atoms with Crippen molar-refractivity contribution in [3.05, 3.63) is 0 Å². The molecular weight excluding hydrogens is 176 g/mol. The van der Waals surface area contributed by atoms with Crippen LogP contribution in [-0.2, 0) is 4.74 Å². The van der Waals surface area contributed by atoms with Gasteiger partial charge >= 0.3 is 0 Å². The Bertz CT molecular complexity index is 128. The molecule has 0 heterocycles. The Hall–Kier alpha value is -0.0800. The average molecular weight is 200 g/mol. The van der Waals surface area contributed by atoms with Crippen molar-refractivity contribution in [1.29, 1.82) is 0 Å². The average Bonchev–Trinajstić information content (AvgIpc) is 2.25. The van der Waals surface area contributed by atoms with Crippen LogP contribution < -0.4 is 0 Å². The summed E-state index contributed by atoms with van der Waals surface area (Å²) in [5.74, 6) is 1.33. The third-order valence-corrected chi connectivity index (χ3v) is 3.22. The van der Waals surface area contributed by atoms with Gasteiger partial charge in [-0.15, -0.1) is 0 Å². The summed E-state index contributed by atoms with van der Waals surface area (Å²) in [6.45, 7) is 4.44. The predicted molar refractivity (Wildman–Crippen MR) is 58.3 cm³/mol. The fraction of sp³-hybridized carbons (Fsp3) is 1.00. The molecule has 0 atom stereocenters. The molecule has 0 amide bonds. The normalized spacial score (nSPS) is 27.9. The Labute approximate surface area is 87.7 Å². The highest BCUT2D eigenvalue weighted by atomic mass is 16.5. The van der Waals surface area contributed by atoms with E-state index in [1.807, 2.05) is 0 Å². The first-order chi connectivity index (χ1) is 6.86. The van der Waals surface area contributed by atoms with Gasteiger partial charge in [-0.25, -0.2) is 0 Å². The molecule has 0 aromatic carbocycles. The van der Waals surface area contributed by atoms with Gasteiger partial charge in [0.15, 0.2) is 0 Å². The molecule has 0 saturated heterocycles. The van der Waals surface area contributed by atoms with E-state index in [1.54, 1.807) is 0 Å². The van der Waals surface area contributed by atoms with Crippen LogP contribution in [-0.4, -0.2) is 24.9 Å². The van der Waals surface area contributed by atoms with Crippen LogP contribution >= 0.6 is 0 Å². The van der Waals surface area contributed by atoms with Crippen molar-refractivity contribution in [2.75, 3.05) is 19.8 Å². The fourth-order valence-corrected chi connectivity index (χ4v) is 2.08. The molecule has 1 aliphatic rings. The second-order valence-corrected chi connectivity index (χ2v) is 4.50. The number of aliphatic hydroxyl groups excluding tert-OH is 1. The summed E-state index contributed by atoms with van der Waals surface area (Å²) >= 11 is 0. The van der Waals surface area contributed by atoms with Gasteiger partial charge < -0.3 is 9.84 Å². The van der Waals surface area contributed by atoms with Crippen LogP contribution in [0.1, 0.15) is 45.4 Å². The summed E-state index contributed by atoms with van der Waals surface area (Å²) in [5.41, 5.74) is 0. The lowest BCUT2D eigenvalue weighted by molar-refractivity contribution is 0.0682. The Kier molecular flexibility index (Phi) is 6.20. The highest BCUT2D eigenvalue weighted by Gasteiger charge is 2.20. The van der Waals surface area contributed by atoms with E-state index in [9.17, 15) is 0 Å². The number of hydrogen-bond donors (Lipinski definition) is 1. The van der Waals surface area contributed by atoms with Crippen molar-refractivity contribution in [3.63, 3.8) is 0 Å². The number of rotatable bonds is 6.